The molecule has 0 saturated carbocycles. The third kappa shape index (κ3) is 5.25. The minimum absolute atomic E-state index is 0.101. The second kappa shape index (κ2) is 8.94. The number of pyridine rings is 1. The maximum absolute atomic E-state index is 5.98. The van der Waals surface area contributed by atoms with E-state index in [0.29, 0.717) is 12.4 Å². The zero-order valence-corrected chi connectivity index (χ0v) is 17.8. The van der Waals surface area contributed by atoms with Crippen LogP contribution in [0.2, 0.25) is 0 Å². The van der Waals surface area contributed by atoms with Crippen LogP contribution in [0.1, 0.15) is 32.0 Å². The van der Waals surface area contributed by atoms with Crippen LogP contribution >= 0.6 is 11.8 Å². The molecule has 0 aliphatic rings. The van der Waals surface area contributed by atoms with E-state index in [9.17, 15) is 0 Å². The van der Waals surface area contributed by atoms with E-state index in [0.717, 1.165) is 33.2 Å². The standard InChI is InChI=1S/C21H27N3O3S/c1-14(27-21(3,4)25-5)12-26-19-10-11-22-18(15(19)2)13-28-20-23-16-8-6-7-9-17(16)24-20/h6-11,14H,12-13H2,1-5H3,(H,23,24)/t14-/m0/s1. The van der Waals surface area contributed by atoms with Gasteiger partial charge in [0, 0.05) is 24.6 Å². The molecule has 0 radical (unpaired) electrons. The van der Waals surface area contributed by atoms with E-state index in [-0.39, 0.29) is 6.10 Å². The van der Waals surface area contributed by atoms with E-state index in [1.54, 1.807) is 25.1 Å². The van der Waals surface area contributed by atoms with Gasteiger partial charge in [0.2, 0.25) is 0 Å². The van der Waals surface area contributed by atoms with Gasteiger partial charge in [-0.1, -0.05) is 23.9 Å². The van der Waals surface area contributed by atoms with Crippen molar-refractivity contribution in [3.8, 4) is 5.75 Å². The summed E-state index contributed by atoms with van der Waals surface area (Å²) < 4.78 is 17.1. The Morgan fingerprint density at radius 1 is 1.21 bits per heavy atom. The molecule has 28 heavy (non-hydrogen) atoms. The third-order valence-corrected chi connectivity index (χ3v) is 5.31. The number of hydrogen-bond donors (Lipinski definition) is 1. The Bertz CT molecular complexity index is 893. The minimum atomic E-state index is -0.634. The third-order valence-electron chi connectivity index (χ3n) is 4.42. The highest BCUT2D eigenvalue weighted by molar-refractivity contribution is 7.98. The van der Waals surface area contributed by atoms with Crippen molar-refractivity contribution in [2.75, 3.05) is 13.7 Å². The van der Waals surface area contributed by atoms with Crippen molar-refractivity contribution < 1.29 is 14.2 Å². The lowest BCUT2D eigenvalue weighted by molar-refractivity contribution is -0.223. The molecule has 0 aliphatic carbocycles. The molecule has 2 aromatic heterocycles. The molecule has 150 valence electrons. The monoisotopic (exact) mass is 401 g/mol. The molecule has 1 aromatic carbocycles. The number of aromatic amines is 1. The van der Waals surface area contributed by atoms with Gasteiger partial charge in [0.15, 0.2) is 10.9 Å². The first-order chi connectivity index (χ1) is 13.4. The number of H-pyrrole nitrogens is 1. The maximum Gasteiger partial charge on any atom is 0.166 e. The van der Waals surface area contributed by atoms with E-state index in [2.05, 4.69) is 15.0 Å². The lowest BCUT2D eigenvalue weighted by Crippen LogP contribution is -2.33. The van der Waals surface area contributed by atoms with Crippen LogP contribution in [0.5, 0.6) is 5.75 Å². The Labute approximate surface area is 170 Å². The van der Waals surface area contributed by atoms with Gasteiger partial charge in [-0.05, 0) is 45.9 Å². The molecule has 0 amide bonds. The number of benzene rings is 1. The average molecular weight is 402 g/mol. The van der Waals surface area contributed by atoms with Gasteiger partial charge >= 0.3 is 0 Å². The average Bonchev–Trinajstić information content (AvgIpc) is 3.09. The predicted molar refractivity (Wildman–Crippen MR) is 112 cm³/mol. The second-order valence-electron chi connectivity index (χ2n) is 7.07. The van der Waals surface area contributed by atoms with Gasteiger partial charge in [0.1, 0.15) is 12.4 Å². The van der Waals surface area contributed by atoms with Crippen molar-refractivity contribution in [2.24, 2.45) is 0 Å². The molecule has 0 fully saturated rings. The number of rotatable bonds is 9. The molecule has 0 spiro atoms. The summed E-state index contributed by atoms with van der Waals surface area (Å²) >= 11 is 1.63. The largest absolute Gasteiger partial charge is 0.490 e. The highest BCUT2D eigenvalue weighted by atomic mass is 32.2. The van der Waals surface area contributed by atoms with Crippen LogP contribution in [-0.4, -0.2) is 40.6 Å². The fourth-order valence-electron chi connectivity index (χ4n) is 2.77. The van der Waals surface area contributed by atoms with Crippen LogP contribution in [0.3, 0.4) is 0 Å². The molecule has 1 atom stereocenters. The van der Waals surface area contributed by atoms with Gasteiger partial charge in [-0.25, -0.2) is 4.98 Å². The van der Waals surface area contributed by atoms with Crippen molar-refractivity contribution in [3.05, 3.63) is 47.8 Å². The molecule has 0 bridgehead atoms. The number of aromatic nitrogens is 3. The number of methoxy groups -OCH3 is 1. The van der Waals surface area contributed by atoms with Crippen LogP contribution < -0.4 is 4.74 Å². The van der Waals surface area contributed by atoms with Crippen LogP contribution in [-0.2, 0) is 15.2 Å². The van der Waals surface area contributed by atoms with Gasteiger partial charge in [0.05, 0.1) is 22.8 Å². The Balaban J connectivity index is 1.60. The first-order valence-corrected chi connectivity index (χ1v) is 10.2. The van der Waals surface area contributed by atoms with E-state index in [1.165, 1.54) is 0 Å². The van der Waals surface area contributed by atoms with Crippen molar-refractivity contribution in [2.45, 2.75) is 50.5 Å². The van der Waals surface area contributed by atoms with Crippen molar-refractivity contribution in [1.82, 2.24) is 15.0 Å². The molecule has 3 rings (SSSR count). The summed E-state index contributed by atoms with van der Waals surface area (Å²) in [5.74, 6) is 0.900. The molecule has 7 heteroatoms. The minimum Gasteiger partial charge on any atom is -0.490 e. The predicted octanol–water partition coefficient (Wildman–Crippen LogP) is 4.73. The van der Waals surface area contributed by atoms with E-state index < -0.39 is 5.79 Å². The number of nitrogens with one attached hydrogen (secondary N) is 1. The van der Waals surface area contributed by atoms with Crippen LogP contribution in [0.15, 0.2) is 41.7 Å². The fraction of sp³-hybridized carbons (Fsp3) is 0.429. The summed E-state index contributed by atoms with van der Waals surface area (Å²) in [6.45, 7) is 8.20. The molecule has 0 saturated heterocycles. The summed E-state index contributed by atoms with van der Waals surface area (Å²) in [4.78, 5) is 12.4. The van der Waals surface area contributed by atoms with Crippen molar-refractivity contribution in [3.63, 3.8) is 0 Å². The van der Waals surface area contributed by atoms with Gasteiger partial charge in [-0.15, -0.1) is 0 Å². The summed E-state index contributed by atoms with van der Waals surface area (Å²) in [5.41, 5.74) is 4.03. The molecule has 0 unspecified atom stereocenters. The van der Waals surface area contributed by atoms with Gasteiger partial charge in [-0.2, -0.15) is 0 Å². The number of ether oxygens (including phenoxy) is 3. The number of fused-ring (bicyclic) bond motifs is 1. The lowest BCUT2D eigenvalue weighted by atomic mass is 10.2. The summed E-state index contributed by atoms with van der Waals surface area (Å²) in [7, 11) is 1.63. The van der Waals surface area contributed by atoms with E-state index in [1.807, 2.05) is 58.0 Å². The number of hydrogen-bond acceptors (Lipinski definition) is 6. The first-order valence-electron chi connectivity index (χ1n) is 9.26. The lowest BCUT2D eigenvalue weighted by Gasteiger charge is -2.27. The SMILES string of the molecule is COC(C)(C)O[C@@H](C)COc1ccnc(CSc2nc3ccccc3[nH]2)c1C. The maximum atomic E-state index is 5.98. The number of para-hydroxylation sites is 2. The Kier molecular flexibility index (Phi) is 6.59. The number of imidazole rings is 1. The number of thioether (sulfide) groups is 1. The fourth-order valence-corrected chi connectivity index (χ4v) is 3.68. The van der Waals surface area contributed by atoms with Crippen molar-refractivity contribution in [1.29, 1.82) is 0 Å². The van der Waals surface area contributed by atoms with Gasteiger partial charge in [0.25, 0.3) is 0 Å². The van der Waals surface area contributed by atoms with E-state index in [4.69, 9.17) is 14.2 Å². The van der Waals surface area contributed by atoms with E-state index >= 15 is 0 Å². The Morgan fingerprint density at radius 2 is 2.00 bits per heavy atom. The highest BCUT2D eigenvalue weighted by Gasteiger charge is 2.21. The summed E-state index contributed by atoms with van der Waals surface area (Å²) in [6, 6.07) is 9.90. The molecule has 0 aliphatic heterocycles. The normalized spacial score (nSPS) is 13.0. The van der Waals surface area contributed by atoms with Crippen LogP contribution in [0, 0.1) is 6.92 Å². The quantitative estimate of drug-likeness (QED) is 0.413. The van der Waals surface area contributed by atoms with Crippen molar-refractivity contribution >= 4 is 22.8 Å². The zero-order chi connectivity index (χ0) is 20.1. The molecule has 2 heterocycles. The molecule has 6 nitrogen and oxygen atoms in total. The molecule has 3 aromatic rings. The first kappa shape index (κ1) is 20.6. The zero-order valence-electron chi connectivity index (χ0n) is 17.0. The molecular weight excluding hydrogens is 374 g/mol. The smallest absolute Gasteiger partial charge is 0.166 e. The number of nitrogens with zero attached hydrogens (tertiary/aromatic N) is 2. The van der Waals surface area contributed by atoms with Crippen LogP contribution in [0.4, 0.5) is 0 Å². The topological polar surface area (TPSA) is 69.3 Å². The Morgan fingerprint density at radius 3 is 2.75 bits per heavy atom. The Hall–Kier alpha value is -2.09. The van der Waals surface area contributed by atoms with Gasteiger partial charge < -0.3 is 19.2 Å². The van der Waals surface area contributed by atoms with Gasteiger partial charge in [-0.3, -0.25) is 4.98 Å². The summed E-state index contributed by atoms with van der Waals surface area (Å²) in [6.07, 6.45) is 1.68. The molecular formula is C21H27N3O3S. The van der Waals surface area contributed by atoms with Crippen LogP contribution in [0.25, 0.3) is 11.0 Å². The second-order valence-corrected chi connectivity index (χ2v) is 8.04. The summed E-state index contributed by atoms with van der Waals surface area (Å²) in [5, 5.41) is 0.887. The molecule has 1 N–H and O–H groups in total. The highest BCUT2D eigenvalue weighted by Crippen LogP contribution is 2.27.